The number of cyclic esters (lactones) is 4. The van der Waals surface area contributed by atoms with Crippen molar-refractivity contribution in [3.05, 3.63) is 217 Å². The van der Waals surface area contributed by atoms with Crippen molar-refractivity contribution in [3.8, 4) is 11.1 Å². The van der Waals surface area contributed by atoms with Gasteiger partial charge in [-0.3, -0.25) is 9.59 Å². The molecule has 4 heterocycles. The van der Waals surface area contributed by atoms with Crippen LogP contribution in [0.15, 0.2) is 179 Å². The van der Waals surface area contributed by atoms with Crippen LogP contribution in [0.25, 0.3) is 50.8 Å². The van der Waals surface area contributed by atoms with E-state index >= 15 is 0 Å². The van der Waals surface area contributed by atoms with Gasteiger partial charge in [-0.05, 0) is 73.6 Å². The van der Waals surface area contributed by atoms with Gasteiger partial charge in [-0.2, -0.15) is 0 Å². The maximum Gasteiger partial charge on any atom is 0.344 e. The molecule has 0 unspecified atom stereocenters. The maximum absolute atomic E-state index is 11.9. The SMILES string of the molecule is C=C1OC(=O)C2=C1CCC2.C=C1OC(=O)C2=C1CCCC2.C=C1OC(=O)c2ccccc2-c2ccccc21.C=C1OC(=O)c2ccccc21.C=c1c(=O)c2cccc3cccc(c1=O)c32.COC.COC.COC.COC.COC. The molecule has 6 aromatic carbocycles. The van der Waals surface area contributed by atoms with E-state index in [2.05, 4.69) is 56.6 Å². The fourth-order valence-corrected chi connectivity index (χ4v) is 8.54. The average molecular weight is 1090 g/mol. The minimum atomic E-state index is -0.346. The second kappa shape index (κ2) is 33.8. The standard InChI is InChI=1S/C15H10O2.C14H8O2.C9H10O2.C9H6O2.C8H8O2.5C2H6O/c1-10-11-6-2-3-7-12(11)13-8-4-5-9-14(13)15(16)17-10;1-8-13(15)10-6-2-4-9-5-3-7-11(12(9)10)14(8)16;2*1-6-7-4-2-3-5-8(7)9(10)11-6;1-5-6-3-2-4-7(6)8(9)10-5;5*1-3-2/h2-9H,1H2;2-7H,1H2;1-5H2;2-5H,1H2;1-4H2;5*1-2H3. The van der Waals surface area contributed by atoms with Gasteiger partial charge in [0.1, 0.15) is 23.0 Å². The van der Waals surface area contributed by atoms with E-state index < -0.39 is 0 Å². The van der Waals surface area contributed by atoms with Gasteiger partial charge in [0.15, 0.2) is 10.9 Å². The van der Waals surface area contributed by atoms with Gasteiger partial charge in [-0.15, -0.1) is 0 Å². The predicted molar refractivity (Wildman–Crippen MR) is 315 cm³/mol. The normalized spacial score (nSPS) is 14.4. The lowest BCUT2D eigenvalue weighted by Crippen LogP contribution is -2.37. The lowest BCUT2D eigenvalue weighted by atomic mass is 9.93. The van der Waals surface area contributed by atoms with Crippen molar-refractivity contribution in [1.82, 2.24) is 0 Å². The molecule has 0 atom stereocenters. The summed E-state index contributed by atoms with van der Waals surface area (Å²) < 4.78 is 41.0. The van der Waals surface area contributed by atoms with Crippen LogP contribution in [-0.2, 0) is 52.2 Å². The molecule has 0 N–H and O–H groups in total. The van der Waals surface area contributed by atoms with Gasteiger partial charge in [0.05, 0.1) is 16.3 Å². The molecule has 80 heavy (non-hydrogen) atoms. The molecule has 0 bridgehead atoms. The van der Waals surface area contributed by atoms with Crippen molar-refractivity contribution in [3.63, 3.8) is 0 Å². The Bertz CT molecular complexity index is 3190. The zero-order valence-electron chi connectivity index (χ0n) is 47.5. The van der Waals surface area contributed by atoms with Crippen LogP contribution in [0.4, 0.5) is 0 Å². The fraction of sp³-hybridized carbons (Fsp3) is 0.262. The highest BCUT2D eigenvalue weighted by atomic mass is 16.6. The lowest BCUT2D eigenvalue weighted by Gasteiger charge is -2.08. The van der Waals surface area contributed by atoms with E-state index in [0.717, 1.165) is 100 Å². The summed E-state index contributed by atoms with van der Waals surface area (Å²) in [5.74, 6) is 1.05. The second-order valence-electron chi connectivity index (χ2n) is 17.7. The van der Waals surface area contributed by atoms with Gasteiger partial charge >= 0.3 is 23.9 Å². The monoisotopic (exact) mass is 1090 g/mol. The molecule has 2 aliphatic carbocycles. The summed E-state index contributed by atoms with van der Waals surface area (Å²) in [4.78, 5) is 68.7. The van der Waals surface area contributed by atoms with Crippen LogP contribution in [0.5, 0.6) is 0 Å². The first-order chi connectivity index (χ1) is 38.4. The van der Waals surface area contributed by atoms with E-state index in [-0.39, 0.29) is 40.0 Å². The average Bonchev–Trinajstić information content (AvgIpc) is 4.25. The Morgan fingerprint density at radius 3 is 0.988 bits per heavy atom. The third-order valence-corrected chi connectivity index (χ3v) is 11.8. The van der Waals surface area contributed by atoms with Crippen LogP contribution in [0, 0.1) is 0 Å². The number of carbonyl (C=O) groups is 4. The van der Waals surface area contributed by atoms with E-state index in [1.807, 2.05) is 78.9 Å². The maximum atomic E-state index is 11.9. The molecule has 0 spiro atoms. The van der Waals surface area contributed by atoms with Crippen LogP contribution >= 0.6 is 0 Å². The molecule has 15 heteroatoms. The Kier molecular flexibility index (Phi) is 27.8. The number of rotatable bonds is 0. The number of esters is 4. The molecule has 15 nitrogen and oxygen atoms in total. The summed E-state index contributed by atoms with van der Waals surface area (Å²) in [5.41, 5.74) is 8.10. The van der Waals surface area contributed by atoms with E-state index in [4.69, 9.17) is 18.9 Å². The first-order valence-electron chi connectivity index (χ1n) is 25.1. The molecule has 0 radical (unpaired) electrons. The molecule has 6 aromatic rings. The number of hydrogen-bond donors (Lipinski definition) is 0. The van der Waals surface area contributed by atoms with Gasteiger partial charge in [-0.25, -0.2) is 19.2 Å². The largest absolute Gasteiger partial charge is 0.423 e. The predicted octanol–water partition coefficient (Wildman–Crippen LogP) is 11.4. The summed E-state index contributed by atoms with van der Waals surface area (Å²) in [6, 6.07) is 33.3. The first kappa shape index (κ1) is 65.8. The van der Waals surface area contributed by atoms with Crippen LogP contribution in [-0.4, -0.2) is 95.0 Å². The molecule has 0 amide bonds. The molecule has 12 rings (SSSR count). The third kappa shape index (κ3) is 17.3. The van der Waals surface area contributed by atoms with Crippen LogP contribution in [0.3, 0.4) is 0 Å². The van der Waals surface area contributed by atoms with Crippen LogP contribution in [0.1, 0.15) is 76.8 Å². The summed E-state index contributed by atoms with van der Waals surface area (Å²) >= 11 is 0. The highest BCUT2D eigenvalue weighted by Crippen LogP contribution is 2.38. The molecule has 0 saturated carbocycles. The Hall–Kier alpha value is -8.44. The number of methoxy groups -OCH3 is 5. The number of carbonyl (C=O) groups excluding carboxylic acids is 4. The summed E-state index contributed by atoms with van der Waals surface area (Å²) in [7, 11) is 16.2. The Morgan fingerprint density at radius 1 is 0.325 bits per heavy atom. The number of benzene rings is 6. The molecular weight excluding hydrogens is 1020 g/mol. The van der Waals surface area contributed by atoms with Gasteiger partial charge in [0.2, 0.25) is 0 Å². The number of hydrogen-bond acceptors (Lipinski definition) is 15. The van der Waals surface area contributed by atoms with Crippen LogP contribution < -0.4 is 16.1 Å². The highest BCUT2D eigenvalue weighted by molar-refractivity contribution is 6.10. The number of ether oxygens (including phenoxy) is 9. The van der Waals surface area contributed by atoms with E-state index in [1.165, 1.54) is 0 Å². The van der Waals surface area contributed by atoms with Gasteiger partial charge in [0, 0.05) is 121 Å². The smallest absolute Gasteiger partial charge is 0.344 e. The summed E-state index contributed by atoms with van der Waals surface area (Å²) in [6.45, 7) is 18.3. The molecule has 6 aliphatic rings. The van der Waals surface area contributed by atoms with E-state index in [1.54, 1.807) is 101 Å². The van der Waals surface area contributed by atoms with Gasteiger partial charge in [-0.1, -0.05) is 130 Å². The van der Waals surface area contributed by atoms with E-state index in [9.17, 15) is 28.8 Å². The Morgan fingerprint density at radius 2 is 0.613 bits per heavy atom. The second-order valence-corrected chi connectivity index (χ2v) is 17.7. The van der Waals surface area contributed by atoms with Crippen molar-refractivity contribution in [2.24, 2.45) is 0 Å². The molecular formula is C65H72O15. The van der Waals surface area contributed by atoms with Crippen molar-refractivity contribution in [2.45, 2.75) is 44.9 Å². The van der Waals surface area contributed by atoms with Crippen molar-refractivity contribution >= 4 is 63.5 Å². The minimum Gasteiger partial charge on any atom is -0.423 e. The Labute approximate surface area is 468 Å². The van der Waals surface area contributed by atoms with Crippen molar-refractivity contribution in [1.29, 1.82) is 0 Å². The molecule has 0 aromatic heterocycles. The van der Waals surface area contributed by atoms with Crippen molar-refractivity contribution < 1.29 is 61.8 Å². The zero-order chi connectivity index (χ0) is 59.5. The number of allylic oxidation sites excluding steroid dienone is 2. The summed E-state index contributed by atoms with van der Waals surface area (Å²) in [5, 5.41) is 2.90. The first-order valence-corrected chi connectivity index (χ1v) is 25.1. The fourth-order valence-electron chi connectivity index (χ4n) is 8.54. The third-order valence-electron chi connectivity index (χ3n) is 11.8. The summed E-state index contributed by atoms with van der Waals surface area (Å²) in [6.07, 6.45) is 7.06. The topological polar surface area (TPSA) is 185 Å². The molecule has 0 fully saturated rings. The molecule has 422 valence electrons. The highest BCUT2D eigenvalue weighted by Gasteiger charge is 2.32. The molecule has 0 saturated heterocycles. The Balaban J connectivity index is 0.000000250. The minimum absolute atomic E-state index is 0.0613. The number of fused-ring (bicyclic) bond motifs is 4. The van der Waals surface area contributed by atoms with Gasteiger partial charge in [0.25, 0.3) is 0 Å². The quantitative estimate of drug-likeness (QED) is 0.103. The van der Waals surface area contributed by atoms with Gasteiger partial charge < -0.3 is 42.6 Å². The van der Waals surface area contributed by atoms with Crippen molar-refractivity contribution in [2.75, 3.05) is 71.1 Å². The van der Waals surface area contributed by atoms with E-state index in [0.29, 0.717) is 44.9 Å². The zero-order valence-corrected chi connectivity index (χ0v) is 47.5. The lowest BCUT2D eigenvalue weighted by molar-refractivity contribution is -0.134. The molecule has 4 aliphatic heterocycles. The van der Waals surface area contributed by atoms with Crippen LogP contribution in [0.2, 0.25) is 0 Å².